The lowest BCUT2D eigenvalue weighted by Gasteiger charge is -2.38. The minimum Gasteiger partial charge on any atom is -0.444 e. The zero-order valence-corrected chi connectivity index (χ0v) is 25.1. The van der Waals surface area contributed by atoms with Gasteiger partial charge >= 0.3 is 6.09 Å². The standard InChI is InChI=1S/C30H50N4O5/c1-9-10-11-18-32-27(36)26(23-16-13-21(4)14-17-23)34(22(5)15-12-20(2)3)28(37)24(19-25(31)35)33-29(38)39-30(6,7)8/h13-14,16-17,20,22,24,26H,9-12,15,18-19H2,1-8H3,(H2,31,35)(H,32,36)(H,33,38). The highest BCUT2D eigenvalue weighted by Gasteiger charge is 2.39. The van der Waals surface area contributed by atoms with Crippen molar-refractivity contribution in [1.29, 1.82) is 0 Å². The average molecular weight is 547 g/mol. The van der Waals surface area contributed by atoms with Crippen molar-refractivity contribution in [2.75, 3.05) is 6.54 Å². The van der Waals surface area contributed by atoms with Crippen LogP contribution in [0, 0.1) is 12.8 Å². The largest absolute Gasteiger partial charge is 0.444 e. The second-order valence-electron chi connectivity index (χ2n) is 11.7. The van der Waals surface area contributed by atoms with Gasteiger partial charge in [0.25, 0.3) is 0 Å². The molecule has 0 bridgehead atoms. The van der Waals surface area contributed by atoms with Crippen LogP contribution in [0.3, 0.4) is 0 Å². The van der Waals surface area contributed by atoms with Crippen LogP contribution in [0.2, 0.25) is 0 Å². The molecule has 39 heavy (non-hydrogen) atoms. The molecule has 0 aliphatic carbocycles. The van der Waals surface area contributed by atoms with Gasteiger partial charge in [0.15, 0.2) is 0 Å². The number of aryl methyl sites for hydroxylation is 1. The summed E-state index contributed by atoms with van der Waals surface area (Å²) in [6.45, 7) is 15.7. The number of nitrogens with zero attached hydrogens (tertiary/aromatic N) is 1. The third kappa shape index (κ3) is 12.5. The summed E-state index contributed by atoms with van der Waals surface area (Å²) in [5, 5.41) is 5.54. The highest BCUT2D eigenvalue weighted by atomic mass is 16.6. The zero-order chi connectivity index (χ0) is 29.8. The molecule has 0 fully saturated rings. The second-order valence-corrected chi connectivity index (χ2v) is 11.7. The van der Waals surface area contributed by atoms with Crippen molar-refractivity contribution in [2.45, 2.75) is 118 Å². The van der Waals surface area contributed by atoms with E-state index in [1.54, 1.807) is 20.8 Å². The van der Waals surface area contributed by atoms with Gasteiger partial charge in [-0.15, -0.1) is 0 Å². The van der Waals surface area contributed by atoms with E-state index in [2.05, 4.69) is 31.4 Å². The van der Waals surface area contributed by atoms with Gasteiger partial charge in [-0.05, 0) is 65.4 Å². The molecule has 3 atom stereocenters. The quantitative estimate of drug-likeness (QED) is 0.273. The van der Waals surface area contributed by atoms with Crippen molar-refractivity contribution < 1.29 is 23.9 Å². The molecule has 0 aliphatic rings. The molecule has 1 aromatic rings. The molecule has 0 saturated heterocycles. The van der Waals surface area contributed by atoms with E-state index in [0.717, 1.165) is 31.2 Å². The Kier molecular flexibility index (Phi) is 14.0. The van der Waals surface area contributed by atoms with E-state index in [0.29, 0.717) is 24.4 Å². The summed E-state index contributed by atoms with van der Waals surface area (Å²) in [6, 6.07) is 4.85. The number of primary amides is 1. The molecule has 1 aromatic carbocycles. The van der Waals surface area contributed by atoms with E-state index in [9.17, 15) is 19.2 Å². The van der Waals surface area contributed by atoms with Crippen molar-refractivity contribution in [3.8, 4) is 0 Å². The molecule has 0 aromatic heterocycles. The number of nitrogens with one attached hydrogen (secondary N) is 2. The number of rotatable bonds is 15. The van der Waals surface area contributed by atoms with E-state index in [1.807, 2.05) is 38.1 Å². The van der Waals surface area contributed by atoms with Gasteiger partial charge in [0.2, 0.25) is 17.7 Å². The summed E-state index contributed by atoms with van der Waals surface area (Å²) in [5.41, 5.74) is 6.34. The maximum absolute atomic E-state index is 14.2. The van der Waals surface area contributed by atoms with Crippen molar-refractivity contribution in [1.82, 2.24) is 15.5 Å². The summed E-state index contributed by atoms with van der Waals surface area (Å²) in [5.74, 6) is -1.25. The zero-order valence-electron chi connectivity index (χ0n) is 25.1. The van der Waals surface area contributed by atoms with E-state index in [-0.39, 0.29) is 11.9 Å². The van der Waals surface area contributed by atoms with E-state index < -0.39 is 42.0 Å². The first-order valence-electron chi connectivity index (χ1n) is 14.1. The molecule has 4 amide bonds. The summed E-state index contributed by atoms with van der Waals surface area (Å²) >= 11 is 0. The van der Waals surface area contributed by atoms with Gasteiger partial charge < -0.3 is 26.0 Å². The fourth-order valence-electron chi connectivity index (χ4n) is 4.21. The van der Waals surface area contributed by atoms with Crippen molar-refractivity contribution in [2.24, 2.45) is 11.7 Å². The highest BCUT2D eigenvalue weighted by molar-refractivity contribution is 5.94. The Morgan fingerprint density at radius 1 is 1.00 bits per heavy atom. The van der Waals surface area contributed by atoms with Crippen LogP contribution in [0.4, 0.5) is 4.79 Å². The van der Waals surface area contributed by atoms with Crippen LogP contribution in [0.1, 0.15) is 104 Å². The van der Waals surface area contributed by atoms with Crippen LogP contribution in [-0.4, -0.2) is 52.9 Å². The van der Waals surface area contributed by atoms with E-state index in [4.69, 9.17) is 10.5 Å². The van der Waals surface area contributed by atoms with Crippen molar-refractivity contribution in [3.05, 3.63) is 35.4 Å². The predicted molar refractivity (Wildman–Crippen MR) is 154 cm³/mol. The fourth-order valence-corrected chi connectivity index (χ4v) is 4.21. The molecule has 0 radical (unpaired) electrons. The summed E-state index contributed by atoms with van der Waals surface area (Å²) in [4.78, 5) is 54.1. The van der Waals surface area contributed by atoms with Gasteiger partial charge in [-0.2, -0.15) is 0 Å². The number of unbranched alkanes of at least 4 members (excludes halogenated alkanes) is 2. The number of amides is 4. The third-order valence-corrected chi connectivity index (χ3v) is 6.28. The first kappa shape index (κ1) is 33.9. The predicted octanol–water partition coefficient (Wildman–Crippen LogP) is 4.76. The van der Waals surface area contributed by atoms with Crippen LogP contribution in [0.25, 0.3) is 0 Å². The topological polar surface area (TPSA) is 131 Å². The van der Waals surface area contributed by atoms with Gasteiger partial charge in [-0.3, -0.25) is 14.4 Å². The molecule has 9 nitrogen and oxygen atoms in total. The number of alkyl carbamates (subject to hydrolysis) is 1. The Morgan fingerprint density at radius 2 is 1.62 bits per heavy atom. The summed E-state index contributed by atoms with van der Waals surface area (Å²) in [6.07, 6.45) is 3.00. The number of carbonyl (C=O) groups is 4. The Morgan fingerprint density at radius 3 is 2.13 bits per heavy atom. The Balaban J connectivity index is 3.55. The molecular weight excluding hydrogens is 496 g/mol. The molecule has 220 valence electrons. The molecule has 1 rings (SSSR count). The number of benzene rings is 1. The number of nitrogens with two attached hydrogens (primary N) is 1. The van der Waals surface area contributed by atoms with Crippen molar-refractivity contribution >= 4 is 23.8 Å². The molecule has 0 spiro atoms. The van der Waals surface area contributed by atoms with E-state index >= 15 is 0 Å². The number of hydrogen-bond acceptors (Lipinski definition) is 5. The summed E-state index contributed by atoms with van der Waals surface area (Å²) < 4.78 is 5.35. The van der Waals surface area contributed by atoms with Crippen LogP contribution in [-0.2, 0) is 19.1 Å². The molecule has 4 N–H and O–H groups in total. The first-order valence-corrected chi connectivity index (χ1v) is 14.1. The smallest absolute Gasteiger partial charge is 0.408 e. The minimum atomic E-state index is -1.29. The lowest BCUT2D eigenvalue weighted by molar-refractivity contribution is -0.146. The molecule has 9 heteroatoms. The molecular formula is C30H50N4O5. The lowest BCUT2D eigenvalue weighted by atomic mass is 9.96. The fraction of sp³-hybridized carbons (Fsp3) is 0.667. The van der Waals surface area contributed by atoms with Crippen LogP contribution < -0.4 is 16.4 Å². The van der Waals surface area contributed by atoms with Gasteiger partial charge in [0.1, 0.15) is 17.7 Å². The van der Waals surface area contributed by atoms with Crippen molar-refractivity contribution in [3.63, 3.8) is 0 Å². The lowest BCUT2D eigenvalue weighted by Crippen LogP contribution is -2.56. The Bertz CT molecular complexity index is 940. The van der Waals surface area contributed by atoms with Crippen LogP contribution in [0.15, 0.2) is 24.3 Å². The molecule has 0 aliphatic heterocycles. The van der Waals surface area contributed by atoms with Crippen LogP contribution in [0.5, 0.6) is 0 Å². The number of carbonyl (C=O) groups excluding carboxylic acids is 4. The van der Waals surface area contributed by atoms with Crippen LogP contribution >= 0.6 is 0 Å². The van der Waals surface area contributed by atoms with Gasteiger partial charge in [-0.25, -0.2) is 4.79 Å². The maximum Gasteiger partial charge on any atom is 0.408 e. The molecule has 0 heterocycles. The minimum absolute atomic E-state index is 0.310. The Labute approximate surface area is 234 Å². The SMILES string of the molecule is CCCCCNC(=O)C(c1ccc(C)cc1)N(C(=O)C(CC(N)=O)NC(=O)OC(C)(C)C)C(C)CCC(C)C. The highest BCUT2D eigenvalue weighted by Crippen LogP contribution is 2.28. The normalized spacial score (nSPS) is 13.8. The first-order chi connectivity index (χ1) is 18.2. The van der Waals surface area contributed by atoms with Gasteiger partial charge in [-0.1, -0.05) is 63.4 Å². The maximum atomic E-state index is 14.2. The van der Waals surface area contributed by atoms with Gasteiger partial charge in [0.05, 0.1) is 6.42 Å². The monoisotopic (exact) mass is 546 g/mol. The number of hydrogen-bond donors (Lipinski definition) is 3. The second kappa shape index (κ2) is 16.1. The number of ether oxygens (including phenoxy) is 1. The summed E-state index contributed by atoms with van der Waals surface area (Å²) in [7, 11) is 0. The average Bonchev–Trinajstić information content (AvgIpc) is 2.82. The van der Waals surface area contributed by atoms with E-state index in [1.165, 1.54) is 4.90 Å². The molecule has 0 saturated carbocycles. The Hall–Kier alpha value is -3.10. The molecule has 3 unspecified atom stereocenters. The third-order valence-electron chi connectivity index (χ3n) is 6.28. The van der Waals surface area contributed by atoms with Gasteiger partial charge in [0, 0.05) is 12.6 Å².